The Kier molecular flexibility index (Phi) is 10.7. The third-order valence-electron chi connectivity index (χ3n) is 7.09. The van der Waals surface area contributed by atoms with Crippen molar-refractivity contribution >= 4 is 16.9 Å². The maximum Gasteiger partial charge on any atom is 0.248 e. The molecule has 8 heteroatoms. The van der Waals surface area contributed by atoms with E-state index in [-0.39, 0.29) is 12.5 Å². The number of hydrogen-bond donors (Lipinski definition) is 0. The maximum atomic E-state index is 13.1. The Labute approximate surface area is 225 Å². The first-order valence-corrected chi connectivity index (χ1v) is 14.2. The number of amides is 1. The molecule has 37 heavy (non-hydrogen) atoms. The number of nitrogens with zero attached hydrogens (tertiary/aromatic N) is 3. The third kappa shape index (κ3) is 7.87. The fraction of sp³-hybridized carbons (Fsp3) is 0.552. The number of carbonyl (C=O) groups is 1. The van der Waals surface area contributed by atoms with E-state index in [0.717, 1.165) is 53.3 Å². The van der Waals surface area contributed by atoms with Crippen molar-refractivity contribution in [3.63, 3.8) is 0 Å². The zero-order chi connectivity index (χ0) is 27.1. The minimum Gasteiger partial charge on any atom is -0.497 e. The van der Waals surface area contributed by atoms with E-state index in [2.05, 4.69) is 36.9 Å². The highest BCUT2D eigenvalue weighted by molar-refractivity contribution is 7.82. The zero-order valence-corrected chi connectivity index (χ0v) is 24.3. The molecular weight excluding hydrogens is 486 g/mol. The van der Waals surface area contributed by atoms with Gasteiger partial charge in [-0.1, -0.05) is 18.2 Å². The van der Waals surface area contributed by atoms with Crippen LogP contribution >= 0.6 is 0 Å². The lowest BCUT2D eigenvalue weighted by molar-refractivity contribution is -0.135. The van der Waals surface area contributed by atoms with E-state index in [1.54, 1.807) is 23.4 Å². The van der Waals surface area contributed by atoms with Gasteiger partial charge in [-0.25, -0.2) is 8.51 Å². The number of benzene rings is 2. The van der Waals surface area contributed by atoms with Crippen molar-refractivity contribution in [1.82, 2.24) is 14.1 Å². The molecule has 1 aliphatic rings. The molecule has 2 aromatic carbocycles. The van der Waals surface area contributed by atoms with E-state index in [1.807, 2.05) is 33.0 Å². The summed E-state index contributed by atoms with van der Waals surface area (Å²) in [6.07, 6.45) is 2.12. The normalized spacial score (nSPS) is 14.9. The van der Waals surface area contributed by atoms with Crippen molar-refractivity contribution in [3.8, 4) is 5.75 Å². The van der Waals surface area contributed by atoms with Crippen LogP contribution in [-0.4, -0.2) is 84.3 Å². The summed E-state index contributed by atoms with van der Waals surface area (Å²) in [5.41, 5.74) is 5.82. The van der Waals surface area contributed by atoms with Crippen LogP contribution in [0.4, 0.5) is 0 Å². The Morgan fingerprint density at radius 1 is 1.05 bits per heavy atom. The van der Waals surface area contributed by atoms with Crippen molar-refractivity contribution in [2.75, 3.05) is 54.1 Å². The number of carbonyl (C=O) groups excluding carboxylic acids is 1. The first-order chi connectivity index (χ1) is 17.6. The van der Waals surface area contributed by atoms with Crippen LogP contribution in [0.5, 0.6) is 5.75 Å². The summed E-state index contributed by atoms with van der Waals surface area (Å²) >= 11 is 0. The number of aryl methyl sites for hydroxylation is 2. The van der Waals surface area contributed by atoms with Gasteiger partial charge in [0.25, 0.3) is 0 Å². The van der Waals surface area contributed by atoms with E-state index >= 15 is 0 Å². The minimum atomic E-state index is -1.32. The fourth-order valence-corrected chi connectivity index (χ4v) is 6.00. The molecule has 0 N–H and O–H groups in total. The predicted octanol–water partition coefficient (Wildman–Crippen LogP) is 3.75. The Morgan fingerprint density at radius 2 is 1.70 bits per heavy atom. The lowest BCUT2D eigenvalue weighted by Gasteiger charge is -2.23. The second-order valence-electron chi connectivity index (χ2n) is 10.2. The number of likely N-dealkylation sites (N-methyl/N-ethyl adjacent to an activating group) is 2. The van der Waals surface area contributed by atoms with Crippen LogP contribution in [0.3, 0.4) is 0 Å². The highest BCUT2D eigenvalue weighted by Gasteiger charge is 2.19. The van der Waals surface area contributed by atoms with Crippen LogP contribution in [0, 0.1) is 13.8 Å². The van der Waals surface area contributed by atoms with E-state index in [4.69, 9.17) is 9.47 Å². The second kappa shape index (κ2) is 13.5. The molecule has 0 fully saturated rings. The minimum absolute atomic E-state index is 0.00581. The van der Waals surface area contributed by atoms with Crippen LogP contribution in [0.2, 0.25) is 0 Å². The topological polar surface area (TPSA) is 62.3 Å². The van der Waals surface area contributed by atoms with E-state index in [0.29, 0.717) is 25.7 Å². The van der Waals surface area contributed by atoms with Crippen LogP contribution < -0.4 is 4.74 Å². The predicted molar refractivity (Wildman–Crippen MR) is 149 cm³/mol. The van der Waals surface area contributed by atoms with Gasteiger partial charge in [-0.15, -0.1) is 0 Å². The Bertz CT molecular complexity index is 1080. The standard InChI is InChI=1S/C29H43N3O4S/c1-21(2)32-12-10-25-9-8-24(18-26(25)11-13-32)19-30(5)28(33)20-36-15-14-31(6)37(34)29-22(3)16-27(35-7)17-23(29)4/h8-9,16-18,21H,10-15,19-20H2,1-7H3. The molecule has 204 valence electrons. The molecule has 0 spiro atoms. The molecule has 0 bridgehead atoms. The van der Waals surface area contributed by atoms with E-state index in [9.17, 15) is 9.00 Å². The number of ether oxygens (including phenoxy) is 2. The molecule has 0 saturated carbocycles. The SMILES string of the molecule is COc1cc(C)c(S(=O)N(C)CCOCC(=O)N(C)Cc2ccc3c(c2)CCN(C(C)C)CC3)c(C)c1. The van der Waals surface area contributed by atoms with Crippen molar-refractivity contribution in [1.29, 1.82) is 0 Å². The first kappa shape index (κ1) is 29.3. The number of methoxy groups -OCH3 is 1. The monoisotopic (exact) mass is 529 g/mol. The Hall–Kier alpha value is -2.26. The largest absolute Gasteiger partial charge is 0.497 e. The lowest BCUT2D eigenvalue weighted by atomic mass is 10.00. The quantitative estimate of drug-likeness (QED) is 0.415. The van der Waals surface area contributed by atoms with Crippen LogP contribution in [0.15, 0.2) is 35.2 Å². The van der Waals surface area contributed by atoms with Crippen molar-refractivity contribution < 1.29 is 18.5 Å². The summed E-state index contributed by atoms with van der Waals surface area (Å²) in [6, 6.07) is 11.0. The summed E-state index contributed by atoms with van der Waals surface area (Å²) < 4.78 is 25.8. The second-order valence-corrected chi connectivity index (χ2v) is 11.8. The fourth-order valence-electron chi connectivity index (χ4n) is 4.78. The van der Waals surface area contributed by atoms with Gasteiger partial charge in [-0.2, -0.15) is 0 Å². The van der Waals surface area contributed by atoms with Gasteiger partial charge in [-0.3, -0.25) is 4.79 Å². The Morgan fingerprint density at radius 3 is 2.32 bits per heavy atom. The molecule has 1 aliphatic heterocycles. The summed E-state index contributed by atoms with van der Waals surface area (Å²) in [6.45, 7) is 11.9. The molecule has 0 radical (unpaired) electrons. The number of fused-ring (bicyclic) bond motifs is 1. The molecule has 0 aromatic heterocycles. The molecule has 0 aliphatic carbocycles. The van der Waals surface area contributed by atoms with E-state index < -0.39 is 11.0 Å². The average Bonchev–Trinajstić information content (AvgIpc) is 3.08. The molecule has 1 atom stereocenters. The smallest absolute Gasteiger partial charge is 0.248 e. The van der Waals surface area contributed by atoms with Gasteiger partial charge in [0, 0.05) is 46.3 Å². The Balaban J connectivity index is 1.45. The molecular formula is C29H43N3O4S. The van der Waals surface area contributed by atoms with Gasteiger partial charge < -0.3 is 19.3 Å². The third-order valence-corrected chi connectivity index (χ3v) is 8.83. The van der Waals surface area contributed by atoms with Crippen LogP contribution in [0.1, 0.15) is 41.7 Å². The highest BCUT2D eigenvalue weighted by atomic mass is 32.2. The average molecular weight is 530 g/mol. The summed E-state index contributed by atoms with van der Waals surface area (Å²) in [5, 5.41) is 0. The van der Waals surface area contributed by atoms with Gasteiger partial charge in [-0.05, 0) is 80.5 Å². The van der Waals surface area contributed by atoms with E-state index in [1.165, 1.54) is 11.1 Å². The van der Waals surface area contributed by atoms with Crippen LogP contribution in [0.25, 0.3) is 0 Å². The van der Waals surface area contributed by atoms with Gasteiger partial charge >= 0.3 is 0 Å². The highest BCUT2D eigenvalue weighted by Crippen LogP contribution is 2.25. The molecule has 1 amide bonds. The molecule has 1 heterocycles. The maximum absolute atomic E-state index is 13.1. The lowest BCUT2D eigenvalue weighted by Crippen LogP contribution is -2.33. The summed E-state index contributed by atoms with van der Waals surface area (Å²) in [7, 11) is 3.92. The van der Waals surface area contributed by atoms with Crippen molar-refractivity contribution in [2.45, 2.75) is 58.0 Å². The molecule has 1 unspecified atom stereocenters. The van der Waals surface area contributed by atoms with Crippen molar-refractivity contribution in [2.24, 2.45) is 0 Å². The van der Waals surface area contributed by atoms with Gasteiger partial charge in [0.2, 0.25) is 5.91 Å². The van der Waals surface area contributed by atoms with Gasteiger partial charge in [0.1, 0.15) is 23.3 Å². The first-order valence-electron chi connectivity index (χ1n) is 13.1. The summed E-state index contributed by atoms with van der Waals surface area (Å²) in [5.74, 6) is 0.694. The molecule has 2 aromatic rings. The van der Waals surface area contributed by atoms with Gasteiger partial charge in [0.05, 0.1) is 18.6 Å². The van der Waals surface area contributed by atoms with Gasteiger partial charge in [0.15, 0.2) is 0 Å². The molecule has 3 rings (SSSR count). The number of hydrogen-bond acceptors (Lipinski definition) is 5. The van der Waals surface area contributed by atoms with Crippen molar-refractivity contribution in [3.05, 3.63) is 58.1 Å². The summed E-state index contributed by atoms with van der Waals surface area (Å²) in [4.78, 5) is 17.7. The molecule has 0 saturated heterocycles. The van der Waals surface area contributed by atoms with Crippen LogP contribution in [-0.2, 0) is 39.9 Å². The molecule has 7 nitrogen and oxygen atoms in total. The number of rotatable bonds is 11. The zero-order valence-electron chi connectivity index (χ0n) is 23.5.